The molecule has 0 unspecified atom stereocenters. The number of rotatable bonds is 3. The van der Waals surface area contributed by atoms with Gasteiger partial charge in [-0.3, -0.25) is 0 Å². The van der Waals surface area contributed by atoms with Gasteiger partial charge in [0.15, 0.2) is 0 Å². The summed E-state index contributed by atoms with van der Waals surface area (Å²) in [6.07, 6.45) is 0.975. The zero-order valence-corrected chi connectivity index (χ0v) is 11.3. The summed E-state index contributed by atoms with van der Waals surface area (Å²) in [5, 5.41) is 0. The molecule has 0 amide bonds. The number of hydrogen-bond acceptors (Lipinski definition) is 1. The molecule has 0 saturated carbocycles. The van der Waals surface area contributed by atoms with Crippen LogP contribution in [0.25, 0.3) is 11.1 Å². The summed E-state index contributed by atoms with van der Waals surface area (Å²) < 4.78 is 0. The van der Waals surface area contributed by atoms with Crippen molar-refractivity contribution in [3.8, 4) is 11.1 Å². The molecule has 3 aromatic rings. The predicted molar refractivity (Wildman–Crippen MR) is 85.5 cm³/mol. The highest BCUT2D eigenvalue weighted by Crippen LogP contribution is 2.21. The van der Waals surface area contributed by atoms with Crippen molar-refractivity contribution in [1.82, 2.24) is 0 Å². The maximum atomic E-state index is 5.71. The van der Waals surface area contributed by atoms with Crippen LogP contribution in [0, 0.1) is 0 Å². The zero-order valence-electron chi connectivity index (χ0n) is 11.3. The van der Waals surface area contributed by atoms with Gasteiger partial charge in [-0.15, -0.1) is 0 Å². The van der Waals surface area contributed by atoms with Gasteiger partial charge in [0.05, 0.1) is 0 Å². The Kier molecular flexibility index (Phi) is 3.51. The maximum absolute atomic E-state index is 5.71. The fourth-order valence-corrected chi connectivity index (χ4v) is 2.32. The van der Waals surface area contributed by atoms with E-state index in [4.69, 9.17) is 5.73 Å². The molecule has 0 bridgehead atoms. The van der Waals surface area contributed by atoms with Gasteiger partial charge in [0, 0.05) is 5.69 Å². The summed E-state index contributed by atoms with van der Waals surface area (Å²) in [6, 6.07) is 27.3. The summed E-state index contributed by atoms with van der Waals surface area (Å²) in [4.78, 5) is 0. The average molecular weight is 259 g/mol. The number of nitrogen functional groups attached to an aromatic ring is 1. The SMILES string of the molecule is Nc1ccc(-c2ccc(Cc3ccccc3)cc2)cc1. The summed E-state index contributed by atoms with van der Waals surface area (Å²) in [6.45, 7) is 0. The van der Waals surface area contributed by atoms with Crippen LogP contribution in [0.5, 0.6) is 0 Å². The highest BCUT2D eigenvalue weighted by atomic mass is 14.5. The molecule has 3 aromatic carbocycles. The van der Waals surface area contributed by atoms with Gasteiger partial charge in [0.1, 0.15) is 0 Å². The normalized spacial score (nSPS) is 10.4. The lowest BCUT2D eigenvalue weighted by Gasteiger charge is -2.05. The highest BCUT2D eigenvalue weighted by Gasteiger charge is 1.99. The van der Waals surface area contributed by atoms with Crippen LogP contribution >= 0.6 is 0 Å². The molecule has 0 atom stereocenters. The first-order valence-electron chi connectivity index (χ1n) is 6.80. The average Bonchev–Trinajstić information content (AvgIpc) is 2.50. The molecule has 0 aliphatic rings. The first-order chi connectivity index (χ1) is 9.81. The molecule has 98 valence electrons. The molecule has 0 fully saturated rings. The lowest BCUT2D eigenvalue weighted by molar-refractivity contribution is 1.19. The number of nitrogens with two attached hydrogens (primary N) is 1. The van der Waals surface area contributed by atoms with Crippen LogP contribution in [0.3, 0.4) is 0 Å². The van der Waals surface area contributed by atoms with E-state index in [-0.39, 0.29) is 0 Å². The maximum Gasteiger partial charge on any atom is 0.0314 e. The van der Waals surface area contributed by atoms with E-state index in [1.54, 1.807) is 0 Å². The largest absolute Gasteiger partial charge is 0.399 e. The summed E-state index contributed by atoms with van der Waals surface area (Å²) in [5.41, 5.74) is 11.6. The van der Waals surface area contributed by atoms with Gasteiger partial charge < -0.3 is 5.73 Å². The van der Waals surface area contributed by atoms with Gasteiger partial charge in [-0.2, -0.15) is 0 Å². The molecule has 0 aromatic heterocycles. The first kappa shape index (κ1) is 12.5. The van der Waals surface area contributed by atoms with E-state index in [0.29, 0.717) is 0 Å². The van der Waals surface area contributed by atoms with Crippen molar-refractivity contribution >= 4 is 5.69 Å². The van der Waals surface area contributed by atoms with Gasteiger partial charge in [-0.05, 0) is 40.8 Å². The van der Waals surface area contributed by atoms with E-state index < -0.39 is 0 Å². The summed E-state index contributed by atoms with van der Waals surface area (Å²) in [5.74, 6) is 0. The van der Waals surface area contributed by atoms with Crippen LogP contribution in [0.1, 0.15) is 11.1 Å². The van der Waals surface area contributed by atoms with Gasteiger partial charge in [-0.1, -0.05) is 66.7 Å². The molecule has 0 aliphatic carbocycles. The van der Waals surface area contributed by atoms with Crippen LogP contribution < -0.4 is 5.73 Å². The van der Waals surface area contributed by atoms with Crippen molar-refractivity contribution in [2.75, 3.05) is 5.73 Å². The quantitative estimate of drug-likeness (QED) is 0.687. The van der Waals surface area contributed by atoms with E-state index in [0.717, 1.165) is 12.1 Å². The standard InChI is InChI=1S/C19H17N/c20-19-12-10-18(11-13-19)17-8-6-16(7-9-17)14-15-4-2-1-3-5-15/h1-13H,14,20H2. The molecule has 0 heterocycles. The van der Waals surface area contributed by atoms with E-state index in [1.807, 2.05) is 18.2 Å². The molecule has 0 spiro atoms. The molecule has 0 radical (unpaired) electrons. The third kappa shape index (κ3) is 2.89. The van der Waals surface area contributed by atoms with Gasteiger partial charge >= 0.3 is 0 Å². The Morgan fingerprint density at radius 3 is 1.65 bits per heavy atom. The zero-order chi connectivity index (χ0) is 13.8. The first-order valence-corrected chi connectivity index (χ1v) is 6.80. The van der Waals surface area contributed by atoms with Crippen LogP contribution in [-0.2, 0) is 6.42 Å². The topological polar surface area (TPSA) is 26.0 Å². The second-order valence-corrected chi connectivity index (χ2v) is 4.98. The number of benzene rings is 3. The van der Waals surface area contributed by atoms with Crippen LogP contribution in [0.4, 0.5) is 5.69 Å². The molecular formula is C19H17N. The van der Waals surface area contributed by atoms with Crippen LogP contribution in [0.15, 0.2) is 78.9 Å². The van der Waals surface area contributed by atoms with Gasteiger partial charge in [0.2, 0.25) is 0 Å². The Balaban J connectivity index is 1.79. The van der Waals surface area contributed by atoms with Crippen molar-refractivity contribution in [1.29, 1.82) is 0 Å². The highest BCUT2D eigenvalue weighted by molar-refractivity contribution is 5.65. The molecule has 1 nitrogen and oxygen atoms in total. The van der Waals surface area contributed by atoms with Gasteiger partial charge in [-0.25, -0.2) is 0 Å². The Bertz CT molecular complexity index is 667. The van der Waals surface area contributed by atoms with Crippen molar-refractivity contribution in [2.24, 2.45) is 0 Å². The van der Waals surface area contributed by atoms with Crippen molar-refractivity contribution < 1.29 is 0 Å². The van der Waals surface area contributed by atoms with Crippen molar-refractivity contribution in [3.05, 3.63) is 90.0 Å². The summed E-state index contributed by atoms with van der Waals surface area (Å²) in [7, 11) is 0. The van der Waals surface area contributed by atoms with E-state index in [9.17, 15) is 0 Å². The number of anilines is 1. The lowest BCUT2D eigenvalue weighted by atomic mass is 10.0. The Hall–Kier alpha value is -2.54. The molecule has 0 aliphatic heterocycles. The van der Waals surface area contributed by atoms with Gasteiger partial charge in [0.25, 0.3) is 0 Å². The van der Waals surface area contributed by atoms with E-state index in [2.05, 4.69) is 60.7 Å². The Morgan fingerprint density at radius 1 is 0.550 bits per heavy atom. The Labute approximate surface area is 119 Å². The monoisotopic (exact) mass is 259 g/mol. The van der Waals surface area contributed by atoms with Crippen LogP contribution in [-0.4, -0.2) is 0 Å². The minimum Gasteiger partial charge on any atom is -0.399 e. The third-order valence-electron chi connectivity index (χ3n) is 3.45. The lowest BCUT2D eigenvalue weighted by Crippen LogP contribution is -1.88. The third-order valence-corrected chi connectivity index (χ3v) is 3.45. The van der Waals surface area contributed by atoms with Crippen LogP contribution in [0.2, 0.25) is 0 Å². The smallest absolute Gasteiger partial charge is 0.0314 e. The molecular weight excluding hydrogens is 242 g/mol. The van der Waals surface area contributed by atoms with Crippen molar-refractivity contribution in [2.45, 2.75) is 6.42 Å². The predicted octanol–water partition coefficient (Wildman–Crippen LogP) is 4.53. The molecule has 1 heteroatoms. The molecule has 0 saturated heterocycles. The fraction of sp³-hybridized carbons (Fsp3) is 0.0526. The summed E-state index contributed by atoms with van der Waals surface area (Å²) >= 11 is 0. The minimum absolute atomic E-state index is 0.800. The number of hydrogen-bond donors (Lipinski definition) is 1. The second-order valence-electron chi connectivity index (χ2n) is 4.98. The molecule has 20 heavy (non-hydrogen) atoms. The van der Waals surface area contributed by atoms with E-state index in [1.165, 1.54) is 22.3 Å². The molecule has 2 N–H and O–H groups in total. The minimum atomic E-state index is 0.800. The van der Waals surface area contributed by atoms with E-state index >= 15 is 0 Å². The Morgan fingerprint density at radius 2 is 1.05 bits per heavy atom. The second kappa shape index (κ2) is 5.62. The van der Waals surface area contributed by atoms with Crippen molar-refractivity contribution in [3.63, 3.8) is 0 Å². The fourth-order valence-electron chi connectivity index (χ4n) is 2.32. The molecule has 3 rings (SSSR count).